The van der Waals surface area contributed by atoms with Crippen molar-refractivity contribution in [1.82, 2.24) is 0 Å². The maximum atomic E-state index is 12.8. The van der Waals surface area contributed by atoms with Crippen LogP contribution in [0.3, 0.4) is 0 Å². The monoisotopic (exact) mass is 525 g/mol. The van der Waals surface area contributed by atoms with Crippen LogP contribution in [0.1, 0.15) is 12.5 Å². The summed E-state index contributed by atoms with van der Waals surface area (Å²) in [6.45, 7) is 1.93. The number of anilines is 1. The number of carbonyl (C=O) groups is 2. The summed E-state index contributed by atoms with van der Waals surface area (Å²) in [5.74, 6) is 0.0356. The van der Waals surface area contributed by atoms with Crippen molar-refractivity contribution in [2.24, 2.45) is 0 Å². The molecule has 144 valence electrons. The molecule has 0 unspecified atom stereocenters. The van der Waals surface area contributed by atoms with Crippen LogP contribution in [0.5, 0.6) is 5.75 Å². The Morgan fingerprint density at radius 2 is 2.00 bits per heavy atom. The lowest BCUT2D eigenvalue weighted by Gasteiger charge is -2.13. The summed E-state index contributed by atoms with van der Waals surface area (Å²) >= 11 is 8.79. The fourth-order valence-electron chi connectivity index (χ4n) is 2.48. The molecule has 0 radical (unpaired) electrons. The highest BCUT2D eigenvalue weighted by Gasteiger charge is 2.33. The van der Waals surface area contributed by atoms with Gasteiger partial charge in [0.05, 0.1) is 20.8 Å². The number of halogens is 1. The van der Waals surface area contributed by atoms with Gasteiger partial charge in [-0.1, -0.05) is 48.2 Å². The number of amides is 1. The van der Waals surface area contributed by atoms with Gasteiger partial charge in [0.25, 0.3) is 5.91 Å². The molecule has 2 aromatic rings. The fraction of sp³-hybridized carbons (Fsp3) is 0.150. The van der Waals surface area contributed by atoms with Crippen LogP contribution in [0.15, 0.2) is 53.4 Å². The first-order valence-corrected chi connectivity index (χ1v) is 10.7. The number of esters is 1. The predicted octanol–water partition coefficient (Wildman–Crippen LogP) is 4.64. The highest BCUT2D eigenvalue weighted by molar-refractivity contribution is 14.1. The topological polar surface area (TPSA) is 55.8 Å². The smallest absolute Gasteiger partial charge is 0.344 e. The summed E-state index contributed by atoms with van der Waals surface area (Å²) in [6, 6.07) is 14.8. The molecular weight excluding hydrogens is 509 g/mol. The van der Waals surface area contributed by atoms with E-state index < -0.39 is 5.97 Å². The van der Waals surface area contributed by atoms with E-state index in [1.54, 1.807) is 19.1 Å². The minimum atomic E-state index is -0.410. The second-order valence-corrected chi connectivity index (χ2v) is 8.47. The van der Waals surface area contributed by atoms with Crippen molar-refractivity contribution in [3.8, 4) is 5.75 Å². The third kappa shape index (κ3) is 4.92. The van der Waals surface area contributed by atoms with Crippen LogP contribution >= 0.6 is 46.6 Å². The molecule has 2 aromatic carbocycles. The van der Waals surface area contributed by atoms with Gasteiger partial charge in [-0.15, -0.1) is 0 Å². The van der Waals surface area contributed by atoms with E-state index in [1.807, 2.05) is 42.5 Å². The Labute approximate surface area is 186 Å². The number of para-hydroxylation sites is 1. The number of benzene rings is 2. The van der Waals surface area contributed by atoms with E-state index >= 15 is 0 Å². The highest BCUT2D eigenvalue weighted by Crippen LogP contribution is 2.36. The summed E-state index contributed by atoms with van der Waals surface area (Å²) < 4.78 is 11.7. The third-order valence-electron chi connectivity index (χ3n) is 3.71. The summed E-state index contributed by atoms with van der Waals surface area (Å²) in [7, 11) is 0. The molecule has 1 saturated heterocycles. The number of thioether (sulfide) groups is 1. The summed E-state index contributed by atoms with van der Waals surface area (Å²) in [6.07, 6.45) is 1.81. The number of hydrogen-bond acceptors (Lipinski definition) is 6. The molecule has 1 aliphatic rings. The molecule has 0 aliphatic carbocycles. The third-order valence-corrected chi connectivity index (χ3v) is 5.86. The molecule has 0 saturated carbocycles. The Morgan fingerprint density at radius 1 is 1.25 bits per heavy atom. The molecule has 0 spiro atoms. The van der Waals surface area contributed by atoms with Crippen molar-refractivity contribution < 1.29 is 19.1 Å². The Kier molecular flexibility index (Phi) is 7.08. The molecule has 3 rings (SSSR count). The molecule has 28 heavy (non-hydrogen) atoms. The lowest BCUT2D eigenvalue weighted by molar-refractivity contribution is -0.145. The van der Waals surface area contributed by atoms with Crippen LogP contribution in [0.2, 0.25) is 0 Å². The van der Waals surface area contributed by atoms with Crippen LogP contribution < -0.4 is 9.64 Å². The van der Waals surface area contributed by atoms with Crippen LogP contribution in [-0.4, -0.2) is 29.4 Å². The van der Waals surface area contributed by atoms with Gasteiger partial charge in [0.15, 0.2) is 10.9 Å². The Bertz CT molecular complexity index is 946. The number of ether oxygens (including phenoxy) is 2. The number of carbonyl (C=O) groups excluding carboxylic acids is 2. The van der Waals surface area contributed by atoms with Gasteiger partial charge in [0, 0.05) is 0 Å². The molecule has 1 heterocycles. The highest BCUT2D eigenvalue weighted by atomic mass is 127. The molecule has 0 N–H and O–H groups in total. The molecule has 1 amide bonds. The lowest BCUT2D eigenvalue weighted by atomic mass is 10.2. The van der Waals surface area contributed by atoms with Crippen LogP contribution in [0.4, 0.5) is 5.69 Å². The van der Waals surface area contributed by atoms with Gasteiger partial charge >= 0.3 is 5.97 Å². The first kappa shape index (κ1) is 20.8. The van der Waals surface area contributed by atoms with Crippen molar-refractivity contribution in [2.75, 3.05) is 18.1 Å². The van der Waals surface area contributed by atoms with Crippen molar-refractivity contribution in [3.63, 3.8) is 0 Å². The van der Waals surface area contributed by atoms with Crippen molar-refractivity contribution in [1.29, 1.82) is 0 Å². The van der Waals surface area contributed by atoms with E-state index in [-0.39, 0.29) is 12.5 Å². The van der Waals surface area contributed by atoms with Gasteiger partial charge in [0.2, 0.25) is 0 Å². The maximum absolute atomic E-state index is 12.8. The van der Waals surface area contributed by atoms with Crippen LogP contribution in [0.25, 0.3) is 6.08 Å². The maximum Gasteiger partial charge on any atom is 0.344 e. The molecule has 8 heteroatoms. The molecular formula is C20H16INO4S2. The van der Waals surface area contributed by atoms with Crippen molar-refractivity contribution >= 4 is 74.5 Å². The quantitative estimate of drug-likeness (QED) is 0.237. The van der Waals surface area contributed by atoms with Crippen molar-refractivity contribution in [3.05, 3.63) is 62.6 Å². The predicted molar refractivity (Wildman–Crippen MR) is 123 cm³/mol. The van der Waals surface area contributed by atoms with Gasteiger partial charge in [-0.3, -0.25) is 9.69 Å². The second kappa shape index (κ2) is 9.53. The van der Waals surface area contributed by atoms with Gasteiger partial charge in [0.1, 0.15) is 5.75 Å². The van der Waals surface area contributed by atoms with Crippen LogP contribution in [-0.2, 0) is 14.3 Å². The molecule has 0 aromatic heterocycles. The summed E-state index contributed by atoms with van der Waals surface area (Å²) in [5, 5.41) is 0. The summed E-state index contributed by atoms with van der Waals surface area (Å²) in [5.41, 5.74) is 1.60. The van der Waals surface area contributed by atoms with E-state index in [9.17, 15) is 9.59 Å². The lowest BCUT2D eigenvalue weighted by Crippen LogP contribution is -2.27. The Hall–Kier alpha value is -1.91. The Balaban J connectivity index is 1.75. The Morgan fingerprint density at radius 3 is 2.68 bits per heavy atom. The molecule has 0 bridgehead atoms. The van der Waals surface area contributed by atoms with Crippen LogP contribution in [0, 0.1) is 3.57 Å². The van der Waals surface area contributed by atoms with E-state index in [0.717, 1.165) is 14.8 Å². The fourth-order valence-corrected chi connectivity index (χ4v) is 4.48. The zero-order valence-corrected chi connectivity index (χ0v) is 18.7. The van der Waals surface area contributed by atoms with E-state index in [0.29, 0.717) is 21.6 Å². The average Bonchev–Trinajstić information content (AvgIpc) is 2.95. The minimum absolute atomic E-state index is 0.140. The van der Waals surface area contributed by atoms with Crippen molar-refractivity contribution in [2.45, 2.75) is 6.92 Å². The molecule has 1 fully saturated rings. The largest absolute Gasteiger partial charge is 0.481 e. The summed E-state index contributed by atoms with van der Waals surface area (Å²) in [4.78, 5) is 26.3. The van der Waals surface area contributed by atoms with Gasteiger partial charge < -0.3 is 9.47 Å². The number of hydrogen-bond donors (Lipinski definition) is 0. The van der Waals surface area contributed by atoms with Gasteiger partial charge in [-0.2, -0.15) is 0 Å². The minimum Gasteiger partial charge on any atom is -0.481 e. The molecule has 1 aliphatic heterocycles. The standard InChI is InChI=1S/C20H16INO4S2/c1-2-25-18(23)12-26-16-9-8-13(10-15(16)21)11-17-19(24)22(20(27)28-17)14-6-4-3-5-7-14/h3-11H,2,12H2,1H3/b17-11+. The van der Waals surface area contributed by atoms with Gasteiger partial charge in [-0.05, 0) is 65.4 Å². The first-order chi connectivity index (χ1) is 13.5. The van der Waals surface area contributed by atoms with E-state index in [2.05, 4.69) is 22.6 Å². The first-order valence-electron chi connectivity index (χ1n) is 8.40. The molecule has 5 nitrogen and oxygen atoms in total. The van der Waals surface area contributed by atoms with Gasteiger partial charge in [-0.25, -0.2) is 4.79 Å². The SMILES string of the molecule is CCOC(=O)COc1ccc(/C=C2/SC(=S)N(c3ccccc3)C2=O)cc1I. The zero-order valence-electron chi connectivity index (χ0n) is 14.9. The number of nitrogens with zero attached hydrogens (tertiary/aromatic N) is 1. The second-order valence-electron chi connectivity index (χ2n) is 5.64. The molecule has 0 atom stereocenters. The van der Waals surface area contributed by atoms with E-state index in [1.165, 1.54) is 16.7 Å². The number of rotatable bonds is 6. The zero-order chi connectivity index (χ0) is 20.1. The normalized spacial score (nSPS) is 15.2. The average molecular weight is 525 g/mol. The van der Waals surface area contributed by atoms with E-state index in [4.69, 9.17) is 21.7 Å². The number of thiocarbonyl (C=S) groups is 1.